The van der Waals surface area contributed by atoms with Gasteiger partial charge in [-0.25, -0.2) is 4.79 Å². The molecule has 6 heteroatoms. The van der Waals surface area contributed by atoms with E-state index in [1.807, 2.05) is 32.0 Å². The zero-order chi connectivity index (χ0) is 18.4. The van der Waals surface area contributed by atoms with Crippen molar-refractivity contribution in [1.82, 2.24) is 0 Å². The number of aliphatic imine (C=N–C) groups is 1. The van der Waals surface area contributed by atoms with Crippen molar-refractivity contribution in [2.75, 3.05) is 13.2 Å². The van der Waals surface area contributed by atoms with Crippen LogP contribution in [0, 0.1) is 17.4 Å². The van der Waals surface area contributed by atoms with Crippen LogP contribution in [-0.4, -0.2) is 30.5 Å². The first-order valence-electron chi connectivity index (χ1n) is 7.83. The molecule has 2 rings (SSSR count). The molecule has 0 atom stereocenters. The van der Waals surface area contributed by atoms with Gasteiger partial charge in [0.15, 0.2) is 18.1 Å². The summed E-state index contributed by atoms with van der Waals surface area (Å²) < 4.78 is 11.7. The van der Waals surface area contributed by atoms with Crippen molar-refractivity contribution in [3.05, 3.63) is 50.6 Å². The van der Waals surface area contributed by atoms with E-state index >= 15 is 0 Å². The van der Waals surface area contributed by atoms with Crippen molar-refractivity contribution < 1.29 is 19.4 Å². The summed E-state index contributed by atoms with van der Waals surface area (Å²) in [6.07, 6.45) is 1.77. The average Bonchev–Trinajstić information content (AvgIpc) is 2.55. The molecule has 1 N–H and O–H groups in total. The third-order valence-corrected chi connectivity index (χ3v) is 4.40. The van der Waals surface area contributed by atoms with Crippen LogP contribution in [0.3, 0.4) is 0 Å². The molecule has 0 fully saturated rings. The van der Waals surface area contributed by atoms with E-state index in [2.05, 4.69) is 40.6 Å². The first-order valence-corrected chi connectivity index (χ1v) is 8.91. The lowest BCUT2D eigenvalue weighted by Gasteiger charge is -2.13. The molecule has 0 saturated heterocycles. The van der Waals surface area contributed by atoms with Crippen LogP contribution in [0.1, 0.15) is 23.6 Å². The lowest BCUT2D eigenvalue weighted by atomic mass is 10.1. The van der Waals surface area contributed by atoms with Crippen molar-refractivity contribution in [3.63, 3.8) is 0 Å². The molecule has 0 bridgehead atoms. The third kappa shape index (κ3) is 5.19. The van der Waals surface area contributed by atoms with E-state index in [-0.39, 0.29) is 0 Å². The molecule has 25 heavy (non-hydrogen) atoms. The number of ether oxygens (including phenoxy) is 2. The molecule has 0 aliphatic carbocycles. The van der Waals surface area contributed by atoms with E-state index < -0.39 is 12.6 Å². The Morgan fingerprint density at radius 3 is 2.72 bits per heavy atom. The van der Waals surface area contributed by atoms with Gasteiger partial charge in [-0.2, -0.15) is 0 Å². The van der Waals surface area contributed by atoms with E-state index in [9.17, 15) is 4.79 Å². The Labute approximate surface area is 160 Å². The minimum Gasteiger partial charge on any atom is -0.490 e. The van der Waals surface area contributed by atoms with Crippen molar-refractivity contribution in [3.8, 4) is 11.5 Å². The van der Waals surface area contributed by atoms with Crippen LogP contribution in [0.2, 0.25) is 0 Å². The Hall–Kier alpha value is -2.09. The second-order valence-electron chi connectivity index (χ2n) is 5.42. The van der Waals surface area contributed by atoms with Gasteiger partial charge in [-0.05, 0) is 78.3 Å². The fourth-order valence-electron chi connectivity index (χ4n) is 2.22. The molecule has 0 heterocycles. The number of aliphatic carboxylic acids is 1. The molecule has 2 aromatic rings. The molecule has 0 saturated carbocycles. The summed E-state index contributed by atoms with van der Waals surface area (Å²) in [5.41, 5.74) is 4.10. The highest BCUT2D eigenvalue weighted by molar-refractivity contribution is 14.1. The Morgan fingerprint density at radius 1 is 1.28 bits per heavy atom. The normalized spacial score (nSPS) is 10.9. The van der Waals surface area contributed by atoms with Gasteiger partial charge in [0, 0.05) is 6.21 Å². The molecular formula is C19H20INO4. The number of carboxylic acids is 1. The molecule has 5 nitrogen and oxygen atoms in total. The van der Waals surface area contributed by atoms with Crippen LogP contribution >= 0.6 is 22.6 Å². The maximum atomic E-state index is 10.7. The Bertz CT molecular complexity index is 802. The van der Waals surface area contributed by atoms with E-state index in [1.165, 1.54) is 5.56 Å². The van der Waals surface area contributed by atoms with Crippen molar-refractivity contribution in [2.45, 2.75) is 20.8 Å². The van der Waals surface area contributed by atoms with E-state index in [4.69, 9.17) is 14.6 Å². The predicted octanol–water partition coefficient (Wildman–Crippen LogP) is 4.52. The topological polar surface area (TPSA) is 68.1 Å². The minimum absolute atomic E-state index is 0.411. The molecule has 0 radical (unpaired) electrons. The van der Waals surface area contributed by atoms with Gasteiger partial charge in [0.1, 0.15) is 0 Å². The zero-order valence-corrected chi connectivity index (χ0v) is 16.5. The Balaban J connectivity index is 2.33. The number of hydrogen-bond donors (Lipinski definition) is 1. The standard InChI is InChI=1S/C19H20INO4/c1-4-24-17-9-14(8-15(20)19(17)25-11-18(22)23)10-21-16-7-5-6-12(2)13(16)3/h5-10H,4,11H2,1-3H3,(H,22,23). The molecule has 0 aromatic heterocycles. The summed E-state index contributed by atoms with van der Waals surface area (Å²) in [6.45, 7) is 6.01. The first-order chi connectivity index (χ1) is 11.9. The number of nitrogens with zero attached hydrogens (tertiary/aromatic N) is 1. The smallest absolute Gasteiger partial charge is 0.341 e. The lowest BCUT2D eigenvalue weighted by Crippen LogP contribution is -2.11. The summed E-state index contributed by atoms with van der Waals surface area (Å²) in [4.78, 5) is 15.3. The largest absolute Gasteiger partial charge is 0.490 e. The van der Waals surface area contributed by atoms with Gasteiger partial charge in [-0.1, -0.05) is 12.1 Å². The molecule has 0 amide bonds. The number of aryl methyl sites for hydroxylation is 1. The summed E-state index contributed by atoms with van der Waals surface area (Å²) in [5.74, 6) is -0.0781. The van der Waals surface area contributed by atoms with Crippen LogP contribution in [0.25, 0.3) is 0 Å². The van der Waals surface area contributed by atoms with Crippen LogP contribution < -0.4 is 9.47 Å². The maximum absolute atomic E-state index is 10.7. The summed E-state index contributed by atoms with van der Waals surface area (Å²) in [5, 5.41) is 8.81. The summed E-state index contributed by atoms with van der Waals surface area (Å²) in [6, 6.07) is 9.69. The number of hydrogen-bond acceptors (Lipinski definition) is 4. The number of benzene rings is 2. The predicted molar refractivity (Wildman–Crippen MR) is 107 cm³/mol. The minimum atomic E-state index is -1.03. The monoisotopic (exact) mass is 453 g/mol. The van der Waals surface area contributed by atoms with Gasteiger partial charge in [0.2, 0.25) is 0 Å². The highest BCUT2D eigenvalue weighted by atomic mass is 127. The van der Waals surface area contributed by atoms with Gasteiger partial charge in [0.25, 0.3) is 0 Å². The number of rotatable bonds is 7. The maximum Gasteiger partial charge on any atom is 0.341 e. The second-order valence-corrected chi connectivity index (χ2v) is 6.58. The first kappa shape index (κ1) is 19.2. The van der Waals surface area contributed by atoms with E-state index in [0.29, 0.717) is 18.1 Å². The van der Waals surface area contributed by atoms with E-state index in [1.54, 1.807) is 12.3 Å². The molecule has 2 aromatic carbocycles. The Morgan fingerprint density at radius 2 is 2.04 bits per heavy atom. The molecule has 0 unspecified atom stereocenters. The zero-order valence-electron chi connectivity index (χ0n) is 14.4. The van der Waals surface area contributed by atoms with Gasteiger partial charge in [-0.15, -0.1) is 0 Å². The Kier molecular flexibility index (Phi) is 6.81. The quantitative estimate of drug-likeness (QED) is 0.495. The fraction of sp³-hybridized carbons (Fsp3) is 0.263. The van der Waals surface area contributed by atoms with Crippen molar-refractivity contribution >= 4 is 40.5 Å². The highest BCUT2D eigenvalue weighted by Gasteiger charge is 2.13. The molecule has 0 aliphatic heterocycles. The van der Waals surface area contributed by atoms with Gasteiger partial charge >= 0.3 is 5.97 Å². The van der Waals surface area contributed by atoms with Crippen molar-refractivity contribution in [2.24, 2.45) is 4.99 Å². The van der Waals surface area contributed by atoms with Gasteiger partial charge < -0.3 is 14.6 Å². The highest BCUT2D eigenvalue weighted by Crippen LogP contribution is 2.34. The second kappa shape index (κ2) is 8.84. The van der Waals surface area contributed by atoms with E-state index in [0.717, 1.165) is 20.4 Å². The van der Waals surface area contributed by atoms with Gasteiger partial charge in [-0.3, -0.25) is 4.99 Å². The lowest BCUT2D eigenvalue weighted by molar-refractivity contribution is -0.139. The third-order valence-electron chi connectivity index (χ3n) is 3.60. The van der Waals surface area contributed by atoms with Crippen LogP contribution in [0.5, 0.6) is 11.5 Å². The molecule has 0 aliphatic rings. The molecular weight excluding hydrogens is 433 g/mol. The number of carboxylic acid groups (broad SMARTS) is 1. The number of carbonyl (C=O) groups is 1. The average molecular weight is 453 g/mol. The van der Waals surface area contributed by atoms with Crippen LogP contribution in [0.15, 0.2) is 35.3 Å². The SMILES string of the molecule is CCOc1cc(C=Nc2cccc(C)c2C)cc(I)c1OCC(=O)O. The molecule has 0 spiro atoms. The van der Waals surface area contributed by atoms with Crippen LogP contribution in [-0.2, 0) is 4.79 Å². The fourth-order valence-corrected chi connectivity index (χ4v) is 3.00. The summed E-state index contributed by atoms with van der Waals surface area (Å²) >= 11 is 2.10. The molecule has 132 valence electrons. The van der Waals surface area contributed by atoms with Gasteiger partial charge in [0.05, 0.1) is 15.9 Å². The van der Waals surface area contributed by atoms with Crippen molar-refractivity contribution in [1.29, 1.82) is 0 Å². The number of halogens is 1. The summed E-state index contributed by atoms with van der Waals surface area (Å²) in [7, 11) is 0. The van der Waals surface area contributed by atoms with Crippen LogP contribution in [0.4, 0.5) is 5.69 Å².